The van der Waals surface area contributed by atoms with Crippen molar-refractivity contribution in [3.63, 3.8) is 0 Å². The third-order valence-electron chi connectivity index (χ3n) is 8.58. The SMILES string of the molecule is C=C1CCCC/C1=C/C=C1\CCC[C@@]2(C)C1CCC2[C@H](C)CCCC(C)O.CC.N#CCCC(=O)O. The van der Waals surface area contributed by atoms with Crippen molar-refractivity contribution in [3.8, 4) is 6.07 Å². The van der Waals surface area contributed by atoms with Crippen molar-refractivity contribution in [3.05, 3.63) is 35.5 Å². The van der Waals surface area contributed by atoms with Gasteiger partial charge in [-0.2, -0.15) is 5.26 Å². The Hall–Kier alpha value is -1.86. The molecule has 4 nitrogen and oxygen atoms in total. The zero-order valence-corrected chi connectivity index (χ0v) is 23.8. The van der Waals surface area contributed by atoms with Crippen LogP contribution in [0.1, 0.15) is 125 Å². The summed E-state index contributed by atoms with van der Waals surface area (Å²) in [6.07, 6.45) is 20.2. The second-order valence-corrected chi connectivity index (χ2v) is 11.1. The Labute approximate surface area is 221 Å². The number of aliphatic hydroxyl groups is 1. The van der Waals surface area contributed by atoms with Gasteiger partial charge in [0.1, 0.15) is 0 Å². The van der Waals surface area contributed by atoms with Crippen LogP contribution >= 0.6 is 0 Å². The van der Waals surface area contributed by atoms with Crippen molar-refractivity contribution < 1.29 is 15.0 Å². The number of carbonyl (C=O) groups is 1. The van der Waals surface area contributed by atoms with Gasteiger partial charge >= 0.3 is 5.97 Å². The summed E-state index contributed by atoms with van der Waals surface area (Å²) in [5.74, 6) is 1.53. The molecule has 5 atom stereocenters. The Kier molecular flexibility index (Phi) is 15.0. The average molecular weight is 500 g/mol. The van der Waals surface area contributed by atoms with E-state index in [0.29, 0.717) is 5.41 Å². The molecule has 204 valence electrons. The summed E-state index contributed by atoms with van der Waals surface area (Å²) in [6, 6.07) is 1.72. The second-order valence-electron chi connectivity index (χ2n) is 11.1. The molecular weight excluding hydrogens is 446 g/mol. The smallest absolute Gasteiger partial charge is 0.304 e. The van der Waals surface area contributed by atoms with Gasteiger partial charge in [-0.3, -0.25) is 4.79 Å². The maximum absolute atomic E-state index is 9.61. The van der Waals surface area contributed by atoms with Gasteiger partial charge in [-0.1, -0.05) is 70.4 Å². The van der Waals surface area contributed by atoms with Crippen LogP contribution in [-0.4, -0.2) is 22.3 Å². The predicted molar refractivity (Wildman–Crippen MR) is 150 cm³/mol. The first-order chi connectivity index (χ1) is 17.2. The normalized spacial score (nSPS) is 29.2. The van der Waals surface area contributed by atoms with Crippen molar-refractivity contribution in [2.24, 2.45) is 23.2 Å². The molecule has 0 aromatic heterocycles. The molecule has 3 aliphatic rings. The van der Waals surface area contributed by atoms with Crippen LogP contribution in [0.25, 0.3) is 0 Å². The highest BCUT2D eigenvalue weighted by Crippen LogP contribution is 2.59. The summed E-state index contributed by atoms with van der Waals surface area (Å²) >= 11 is 0. The van der Waals surface area contributed by atoms with E-state index in [1.807, 2.05) is 20.8 Å². The molecule has 3 unspecified atom stereocenters. The highest BCUT2D eigenvalue weighted by atomic mass is 16.4. The Morgan fingerprint density at radius 3 is 2.42 bits per heavy atom. The maximum atomic E-state index is 9.61. The highest BCUT2D eigenvalue weighted by molar-refractivity contribution is 5.66. The Morgan fingerprint density at radius 1 is 1.14 bits per heavy atom. The van der Waals surface area contributed by atoms with Gasteiger partial charge in [-0.15, -0.1) is 0 Å². The number of aliphatic carboxylic acids is 1. The van der Waals surface area contributed by atoms with E-state index < -0.39 is 5.97 Å². The lowest BCUT2D eigenvalue weighted by Gasteiger charge is -2.44. The van der Waals surface area contributed by atoms with Crippen molar-refractivity contribution in [1.29, 1.82) is 5.26 Å². The first-order valence-corrected chi connectivity index (χ1v) is 14.5. The molecule has 4 heteroatoms. The van der Waals surface area contributed by atoms with Crippen LogP contribution in [0.3, 0.4) is 0 Å². The Bertz CT molecular complexity index is 788. The third-order valence-corrected chi connectivity index (χ3v) is 8.58. The van der Waals surface area contributed by atoms with E-state index >= 15 is 0 Å². The number of nitriles is 1. The van der Waals surface area contributed by atoms with Crippen LogP contribution in [0.4, 0.5) is 0 Å². The van der Waals surface area contributed by atoms with Crippen LogP contribution in [0.15, 0.2) is 35.5 Å². The third kappa shape index (κ3) is 9.89. The molecule has 0 spiro atoms. The van der Waals surface area contributed by atoms with Crippen LogP contribution in [0.5, 0.6) is 0 Å². The van der Waals surface area contributed by atoms with Crippen LogP contribution in [0, 0.1) is 34.5 Å². The number of allylic oxidation sites excluding steroid dienone is 5. The van der Waals surface area contributed by atoms with E-state index in [9.17, 15) is 9.90 Å². The number of fused-ring (bicyclic) bond motifs is 1. The molecule has 36 heavy (non-hydrogen) atoms. The quantitative estimate of drug-likeness (QED) is 0.350. The van der Waals surface area contributed by atoms with Crippen LogP contribution in [0.2, 0.25) is 0 Å². The number of hydrogen-bond acceptors (Lipinski definition) is 3. The lowest BCUT2D eigenvalue weighted by atomic mass is 9.60. The molecule has 0 bridgehead atoms. The monoisotopic (exact) mass is 499 g/mol. The van der Waals surface area contributed by atoms with Gasteiger partial charge in [0.05, 0.1) is 18.6 Å². The minimum Gasteiger partial charge on any atom is -0.481 e. The van der Waals surface area contributed by atoms with Crippen molar-refractivity contribution in [2.45, 2.75) is 131 Å². The standard InChI is InChI=1S/C26H42O.C4H5NO2.C2H6/c1-19-9-5-6-12-22(19)14-15-23-13-8-18-26(4)24(16-17-25(23)26)20(2)10-7-11-21(3)27;5-3-1-2-4(6)7;1-2/h14-15,20-21,24-25,27H,1,5-13,16-18H2,2-4H3;1-2H2,(H,6,7);1-2H3/b22-14-,23-15+;;/t20-,21?,24?,25?,26-;;/m1../s1. The molecule has 3 aliphatic carbocycles. The molecule has 2 N–H and O–H groups in total. The van der Waals surface area contributed by atoms with Crippen LogP contribution < -0.4 is 0 Å². The van der Waals surface area contributed by atoms with E-state index in [4.69, 9.17) is 10.4 Å². The van der Waals surface area contributed by atoms with Gasteiger partial charge < -0.3 is 10.2 Å². The number of rotatable bonds is 8. The van der Waals surface area contributed by atoms with Crippen molar-refractivity contribution in [1.82, 2.24) is 0 Å². The molecule has 0 aliphatic heterocycles. The largest absolute Gasteiger partial charge is 0.481 e. The van der Waals surface area contributed by atoms with Gasteiger partial charge in [-0.05, 0) is 99.9 Å². The molecule has 3 saturated carbocycles. The zero-order chi connectivity index (χ0) is 27.1. The number of hydrogen-bond donors (Lipinski definition) is 2. The maximum Gasteiger partial charge on any atom is 0.304 e. The fraction of sp³-hybridized carbons (Fsp3) is 0.750. The summed E-state index contributed by atoms with van der Waals surface area (Å²) in [7, 11) is 0. The fourth-order valence-electron chi connectivity index (χ4n) is 6.71. The van der Waals surface area contributed by atoms with E-state index in [2.05, 4.69) is 32.6 Å². The molecule has 0 aromatic rings. The molecule has 0 saturated heterocycles. The molecular formula is C32H53NO3. The molecule has 3 fully saturated rings. The van der Waals surface area contributed by atoms with Gasteiger partial charge in [0.15, 0.2) is 0 Å². The van der Waals surface area contributed by atoms with E-state index in [-0.39, 0.29) is 18.9 Å². The van der Waals surface area contributed by atoms with Gasteiger partial charge in [0, 0.05) is 6.42 Å². The minimum atomic E-state index is -0.915. The lowest BCUT2D eigenvalue weighted by molar-refractivity contribution is -0.136. The zero-order valence-electron chi connectivity index (χ0n) is 23.8. The van der Waals surface area contributed by atoms with E-state index in [0.717, 1.165) is 24.2 Å². The lowest BCUT2D eigenvalue weighted by Crippen LogP contribution is -2.36. The summed E-state index contributed by atoms with van der Waals surface area (Å²) in [6.45, 7) is 15.3. The number of carboxylic acids is 1. The van der Waals surface area contributed by atoms with E-state index in [1.165, 1.54) is 81.8 Å². The van der Waals surface area contributed by atoms with Gasteiger partial charge in [-0.25, -0.2) is 0 Å². The number of nitrogens with zero attached hydrogens (tertiary/aromatic N) is 1. The summed E-state index contributed by atoms with van der Waals surface area (Å²) in [5, 5.41) is 25.3. The number of aliphatic hydroxyl groups excluding tert-OH is 1. The minimum absolute atomic E-state index is 0.0451. The average Bonchev–Trinajstić information content (AvgIpc) is 3.21. The Balaban J connectivity index is 0.000000623. The molecule has 0 radical (unpaired) electrons. The van der Waals surface area contributed by atoms with Crippen molar-refractivity contribution in [2.75, 3.05) is 0 Å². The first kappa shape index (κ1) is 32.2. The molecule has 0 aromatic carbocycles. The van der Waals surface area contributed by atoms with E-state index in [1.54, 1.807) is 11.6 Å². The Morgan fingerprint density at radius 2 is 1.83 bits per heavy atom. The predicted octanol–water partition coefficient (Wildman–Crippen LogP) is 8.77. The summed E-state index contributed by atoms with van der Waals surface area (Å²) in [4.78, 5) is 9.61. The second kappa shape index (κ2) is 16.8. The van der Waals surface area contributed by atoms with Crippen molar-refractivity contribution >= 4 is 5.97 Å². The fourth-order valence-corrected chi connectivity index (χ4v) is 6.71. The summed E-state index contributed by atoms with van der Waals surface area (Å²) < 4.78 is 0. The van der Waals surface area contributed by atoms with Crippen LogP contribution in [-0.2, 0) is 4.79 Å². The van der Waals surface area contributed by atoms with Gasteiger partial charge in [0.2, 0.25) is 0 Å². The highest BCUT2D eigenvalue weighted by Gasteiger charge is 2.50. The summed E-state index contributed by atoms with van der Waals surface area (Å²) in [5.41, 5.74) is 5.12. The molecule has 0 heterocycles. The number of carboxylic acid groups (broad SMARTS) is 1. The van der Waals surface area contributed by atoms with Gasteiger partial charge in [0.25, 0.3) is 0 Å². The molecule has 3 rings (SSSR count). The first-order valence-electron chi connectivity index (χ1n) is 14.5. The topological polar surface area (TPSA) is 81.3 Å². The molecule has 0 amide bonds.